The number of anilines is 1. The van der Waals surface area contributed by atoms with E-state index in [1.165, 1.54) is 6.07 Å². The van der Waals surface area contributed by atoms with E-state index < -0.39 is 17.7 Å². The molecular weight excluding hydrogens is 624 g/mol. The summed E-state index contributed by atoms with van der Waals surface area (Å²) in [5.74, 6) is 0.925. The van der Waals surface area contributed by atoms with Crippen molar-refractivity contribution in [2.24, 2.45) is 0 Å². The summed E-state index contributed by atoms with van der Waals surface area (Å²) in [7, 11) is 3.30. The number of nitrogens with one attached hydrogen (secondary N) is 2. The third-order valence-electron chi connectivity index (χ3n) is 7.99. The number of hydrogen-bond acceptors (Lipinski definition) is 7. The molecule has 0 bridgehead atoms. The Morgan fingerprint density at radius 3 is 2.28 bits per heavy atom. The lowest BCUT2D eigenvalue weighted by atomic mass is 10.0. The molecule has 1 aliphatic rings. The lowest BCUT2D eigenvalue weighted by molar-refractivity contribution is 0.0351. The monoisotopic (exact) mass is 665 g/mol. The molecule has 250 valence electrons. The van der Waals surface area contributed by atoms with Crippen LogP contribution in [0.5, 0.6) is 11.5 Å². The molecule has 1 aromatic heterocycles. The van der Waals surface area contributed by atoms with Crippen LogP contribution in [-0.4, -0.2) is 91.7 Å². The van der Waals surface area contributed by atoms with Gasteiger partial charge in [-0.1, -0.05) is 18.2 Å². The Morgan fingerprint density at radius 1 is 0.936 bits per heavy atom. The topological polar surface area (TPSA) is 92.0 Å². The summed E-state index contributed by atoms with van der Waals surface area (Å²) in [5, 5.41) is 3.45. The molecule has 9 nitrogen and oxygen atoms in total. The van der Waals surface area contributed by atoms with E-state index in [0.717, 1.165) is 89.4 Å². The van der Waals surface area contributed by atoms with Crippen molar-refractivity contribution in [3.8, 4) is 34.0 Å². The van der Waals surface area contributed by atoms with Gasteiger partial charge in [0.15, 0.2) is 5.16 Å². The minimum absolute atomic E-state index is 0.0364. The lowest BCUT2D eigenvalue weighted by Gasteiger charge is -2.30. The zero-order valence-corrected chi connectivity index (χ0v) is 27.6. The summed E-state index contributed by atoms with van der Waals surface area (Å²) in [6.45, 7) is 4.68. The largest absolute Gasteiger partial charge is 0.497 e. The molecule has 0 saturated carbocycles. The minimum Gasteiger partial charge on any atom is -0.497 e. The van der Waals surface area contributed by atoms with Crippen LogP contribution in [0.2, 0.25) is 0 Å². The van der Waals surface area contributed by atoms with Gasteiger partial charge in [0.2, 0.25) is 0 Å². The van der Waals surface area contributed by atoms with Gasteiger partial charge in [0, 0.05) is 55.7 Å². The van der Waals surface area contributed by atoms with Crippen LogP contribution >= 0.6 is 11.8 Å². The van der Waals surface area contributed by atoms with Crippen molar-refractivity contribution in [2.45, 2.75) is 24.4 Å². The predicted molar refractivity (Wildman–Crippen MR) is 181 cm³/mol. The second-order valence-corrected chi connectivity index (χ2v) is 12.2. The number of hydrogen-bond donors (Lipinski definition) is 2. The molecule has 2 N–H and O–H groups in total. The molecule has 0 radical (unpaired) electrons. The van der Waals surface area contributed by atoms with Crippen molar-refractivity contribution < 1.29 is 27.8 Å². The van der Waals surface area contributed by atoms with Gasteiger partial charge in [-0.25, -0.2) is 18.6 Å². The van der Waals surface area contributed by atoms with E-state index in [-0.39, 0.29) is 5.69 Å². The normalized spacial score (nSPS) is 13.4. The number of urea groups is 1. The first kappa shape index (κ1) is 34.2. The highest BCUT2D eigenvalue weighted by Gasteiger charge is 2.19. The Balaban J connectivity index is 1.17. The number of nitrogens with zero attached hydrogens (tertiary/aromatic N) is 3. The smallest absolute Gasteiger partial charge is 0.321 e. The van der Waals surface area contributed by atoms with Crippen LogP contribution in [-0.2, 0) is 4.74 Å². The van der Waals surface area contributed by atoms with Crippen molar-refractivity contribution in [3.05, 3.63) is 78.4 Å². The van der Waals surface area contributed by atoms with Crippen molar-refractivity contribution in [2.75, 3.05) is 71.2 Å². The zero-order valence-electron chi connectivity index (χ0n) is 26.8. The van der Waals surface area contributed by atoms with Gasteiger partial charge in [0.25, 0.3) is 0 Å². The maximum Gasteiger partial charge on any atom is 0.321 e. The third kappa shape index (κ3) is 9.69. The van der Waals surface area contributed by atoms with Crippen LogP contribution in [0, 0.1) is 11.6 Å². The zero-order chi connectivity index (χ0) is 33.0. The number of benzene rings is 3. The highest BCUT2D eigenvalue weighted by Crippen LogP contribution is 2.34. The maximum atomic E-state index is 14.2. The van der Waals surface area contributed by atoms with Crippen molar-refractivity contribution in [3.63, 3.8) is 0 Å². The number of H-pyrrole nitrogens is 1. The van der Waals surface area contributed by atoms with E-state index >= 15 is 0 Å². The Morgan fingerprint density at radius 2 is 1.62 bits per heavy atom. The van der Waals surface area contributed by atoms with Gasteiger partial charge in [0.05, 0.1) is 44.5 Å². The first-order chi connectivity index (χ1) is 22.9. The SMILES string of the molecule is COc1ccc(-c2nc(SCCCCCN(CCN3CCOCC3)C(=O)Nc3ccc(F)cc3F)[nH]c2-c2ccc(OC)cc2)cc1. The summed E-state index contributed by atoms with van der Waals surface area (Å²) in [6.07, 6.45) is 2.61. The molecule has 12 heteroatoms. The number of carbonyl (C=O) groups is 1. The first-order valence-corrected chi connectivity index (χ1v) is 16.7. The Hall–Kier alpha value is -4.13. The molecular formula is C35H41F2N5O4S. The Labute approximate surface area is 278 Å². The summed E-state index contributed by atoms with van der Waals surface area (Å²) < 4.78 is 43.7. The molecule has 1 aliphatic heterocycles. The fraction of sp³-hybridized carbons (Fsp3) is 0.371. The molecule has 4 aromatic rings. The molecule has 5 rings (SSSR count). The maximum absolute atomic E-state index is 14.2. The van der Waals surface area contributed by atoms with E-state index in [4.69, 9.17) is 19.2 Å². The standard InChI is InChI=1S/C35H41F2N5O4S/c1-44-28-11-6-25(7-12-28)32-33(26-8-13-29(45-2)14-9-26)40-34(39-32)47-23-5-3-4-16-42(18-17-41-19-21-46-22-20-41)35(43)38-31-15-10-27(36)24-30(31)37/h6-15,24H,3-5,16-23H2,1-2H3,(H,38,43)(H,39,40). The fourth-order valence-corrected chi connectivity index (χ4v) is 6.15. The number of morpholine rings is 1. The molecule has 0 atom stereocenters. The summed E-state index contributed by atoms with van der Waals surface area (Å²) in [4.78, 5) is 25.6. The number of unbranched alkanes of at least 4 members (excludes halogenated alkanes) is 2. The number of ether oxygens (including phenoxy) is 3. The van der Waals surface area contributed by atoms with Crippen LogP contribution in [0.15, 0.2) is 71.9 Å². The molecule has 1 saturated heterocycles. The molecule has 0 unspecified atom stereocenters. The second kappa shape index (κ2) is 17.1. The number of carbonyl (C=O) groups excluding carboxylic acids is 1. The number of aromatic nitrogens is 2. The van der Waals surface area contributed by atoms with Gasteiger partial charge in [-0.15, -0.1) is 0 Å². The predicted octanol–water partition coefficient (Wildman–Crippen LogP) is 7.17. The number of methoxy groups -OCH3 is 2. The van der Waals surface area contributed by atoms with Gasteiger partial charge in [-0.2, -0.15) is 0 Å². The van der Waals surface area contributed by atoms with E-state index in [2.05, 4.69) is 15.2 Å². The van der Waals surface area contributed by atoms with Gasteiger partial charge < -0.3 is 29.4 Å². The average Bonchev–Trinajstić information content (AvgIpc) is 3.53. The van der Waals surface area contributed by atoms with Crippen LogP contribution in [0.1, 0.15) is 19.3 Å². The summed E-state index contributed by atoms with van der Waals surface area (Å²) >= 11 is 1.66. The lowest BCUT2D eigenvalue weighted by Crippen LogP contribution is -2.44. The molecule has 1 fully saturated rings. The van der Waals surface area contributed by atoms with Gasteiger partial charge >= 0.3 is 6.03 Å². The summed E-state index contributed by atoms with van der Waals surface area (Å²) in [6, 6.07) is 18.5. The molecule has 3 aromatic carbocycles. The quantitative estimate of drug-likeness (QED) is 0.103. The molecule has 0 aliphatic carbocycles. The van der Waals surface area contributed by atoms with Crippen LogP contribution in [0.3, 0.4) is 0 Å². The van der Waals surface area contributed by atoms with E-state index in [1.54, 1.807) is 30.9 Å². The first-order valence-electron chi connectivity index (χ1n) is 15.8. The Kier molecular flexibility index (Phi) is 12.5. The number of halogens is 2. The third-order valence-corrected chi connectivity index (χ3v) is 8.94. The number of thioether (sulfide) groups is 1. The molecule has 2 heterocycles. The van der Waals surface area contributed by atoms with E-state index in [1.807, 2.05) is 48.5 Å². The highest BCUT2D eigenvalue weighted by atomic mass is 32.2. The molecule has 0 spiro atoms. The number of imidazole rings is 1. The van der Waals surface area contributed by atoms with Crippen molar-refractivity contribution in [1.82, 2.24) is 19.8 Å². The number of rotatable bonds is 15. The van der Waals surface area contributed by atoms with Crippen molar-refractivity contribution >= 4 is 23.5 Å². The van der Waals surface area contributed by atoms with Gasteiger partial charge in [-0.3, -0.25) is 4.90 Å². The van der Waals surface area contributed by atoms with Crippen molar-refractivity contribution in [1.29, 1.82) is 0 Å². The molecule has 2 amide bonds. The minimum atomic E-state index is -0.799. The fourth-order valence-electron chi connectivity index (χ4n) is 5.28. The molecule has 47 heavy (non-hydrogen) atoms. The van der Waals surface area contributed by atoms with Gasteiger partial charge in [0.1, 0.15) is 23.1 Å². The van der Waals surface area contributed by atoms with Gasteiger partial charge in [-0.05, 0) is 73.5 Å². The number of amides is 2. The second-order valence-electron chi connectivity index (χ2n) is 11.1. The Bertz CT molecular complexity index is 1520. The van der Waals surface area contributed by atoms with E-state index in [9.17, 15) is 13.6 Å². The van der Waals surface area contributed by atoms with Crippen LogP contribution in [0.25, 0.3) is 22.5 Å². The number of aromatic amines is 1. The van der Waals surface area contributed by atoms with Crippen LogP contribution in [0.4, 0.5) is 19.3 Å². The highest BCUT2D eigenvalue weighted by molar-refractivity contribution is 7.99. The van der Waals surface area contributed by atoms with E-state index in [0.29, 0.717) is 32.8 Å². The average molecular weight is 666 g/mol. The van der Waals surface area contributed by atoms with Crippen LogP contribution < -0.4 is 14.8 Å². The summed E-state index contributed by atoms with van der Waals surface area (Å²) in [5.41, 5.74) is 3.74.